The molecule has 1 aliphatic heterocycles. The van der Waals surface area contributed by atoms with Crippen LogP contribution in [0.3, 0.4) is 0 Å². The van der Waals surface area contributed by atoms with Crippen molar-refractivity contribution >= 4 is 10.0 Å². The van der Waals surface area contributed by atoms with E-state index in [1.807, 2.05) is 0 Å². The normalized spacial score (nSPS) is 34.2. The van der Waals surface area contributed by atoms with Crippen molar-refractivity contribution in [1.82, 2.24) is 14.5 Å². The molecule has 1 heterocycles. The molecule has 2 unspecified atom stereocenters. The van der Waals surface area contributed by atoms with E-state index in [1.165, 1.54) is 31.9 Å². The first-order valence-corrected chi connectivity index (χ1v) is 9.31. The summed E-state index contributed by atoms with van der Waals surface area (Å²) in [7, 11) is -3.00. The second-order valence-electron chi connectivity index (χ2n) is 6.29. The quantitative estimate of drug-likeness (QED) is 0.779. The molecule has 110 valence electrons. The summed E-state index contributed by atoms with van der Waals surface area (Å²) < 4.78 is 24.6. The predicted octanol–water partition coefficient (Wildman–Crippen LogP) is 0.0942. The number of nitrogens with one attached hydrogen (secondary N) is 1. The molecular formula is C13H25N3O2S. The van der Waals surface area contributed by atoms with Crippen LogP contribution < -0.4 is 5.32 Å². The number of piperazine rings is 1. The van der Waals surface area contributed by atoms with Gasteiger partial charge in [-0.15, -0.1) is 0 Å². The smallest absolute Gasteiger partial charge is 0.211 e. The molecule has 0 aromatic carbocycles. The molecule has 0 radical (unpaired) electrons. The molecule has 3 fully saturated rings. The SMILES string of the molecule is CS(=O)(=O)N1CCN(C2CCC2CNC2CC2)CC1. The topological polar surface area (TPSA) is 52.7 Å². The second-order valence-corrected chi connectivity index (χ2v) is 8.27. The van der Waals surface area contributed by atoms with Crippen LogP contribution in [0.1, 0.15) is 25.7 Å². The monoisotopic (exact) mass is 287 g/mol. The summed E-state index contributed by atoms with van der Waals surface area (Å²) in [5.41, 5.74) is 0. The molecule has 1 saturated heterocycles. The van der Waals surface area contributed by atoms with Crippen molar-refractivity contribution < 1.29 is 8.42 Å². The maximum Gasteiger partial charge on any atom is 0.211 e. The van der Waals surface area contributed by atoms with Crippen LogP contribution in [0.15, 0.2) is 0 Å². The molecule has 3 rings (SSSR count). The van der Waals surface area contributed by atoms with Gasteiger partial charge >= 0.3 is 0 Å². The average molecular weight is 287 g/mol. The fourth-order valence-electron chi connectivity index (χ4n) is 3.24. The van der Waals surface area contributed by atoms with Crippen molar-refractivity contribution in [1.29, 1.82) is 0 Å². The lowest BCUT2D eigenvalue weighted by Crippen LogP contribution is -2.57. The first-order chi connectivity index (χ1) is 9.04. The lowest BCUT2D eigenvalue weighted by molar-refractivity contribution is 0.0378. The Morgan fingerprint density at radius 3 is 2.21 bits per heavy atom. The van der Waals surface area contributed by atoms with Crippen molar-refractivity contribution in [3.05, 3.63) is 0 Å². The second kappa shape index (κ2) is 5.31. The van der Waals surface area contributed by atoms with Crippen LogP contribution in [-0.4, -0.2) is 68.7 Å². The summed E-state index contributed by atoms with van der Waals surface area (Å²) in [6.45, 7) is 4.28. The Labute approximate surface area is 116 Å². The molecule has 1 N–H and O–H groups in total. The summed E-state index contributed by atoms with van der Waals surface area (Å²) in [5.74, 6) is 0.783. The highest BCUT2D eigenvalue weighted by molar-refractivity contribution is 7.88. The van der Waals surface area contributed by atoms with Crippen LogP contribution in [0.2, 0.25) is 0 Å². The van der Waals surface area contributed by atoms with Gasteiger partial charge in [0.05, 0.1) is 6.26 Å². The van der Waals surface area contributed by atoms with Gasteiger partial charge in [-0.25, -0.2) is 8.42 Å². The third-order valence-corrected chi connectivity index (χ3v) is 6.14. The van der Waals surface area contributed by atoms with Gasteiger partial charge < -0.3 is 5.32 Å². The molecule has 0 bridgehead atoms. The van der Waals surface area contributed by atoms with Crippen molar-refractivity contribution in [2.45, 2.75) is 37.8 Å². The first kappa shape index (κ1) is 13.8. The molecule has 2 aliphatic carbocycles. The Morgan fingerprint density at radius 2 is 1.74 bits per heavy atom. The minimum absolute atomic E-state index is 0.665. The molecule has 0 aromatic heterocycles. The molecule has 19 heavy (non-hydrogen) atoms. The van der Waals surface area contributed by atoms with Crippen LogP contribution in [0.4, 0.5) is 0 Å². The van der Waals surface area contributed by atoms with Crippen molar-refractivity contribution in [3.8, 4) is 0 Å². The van der Waals surface area contributed by atoms with E-state index in [9.17, 15) is 8.42 Å². The molecule has 2 atom stereocenters. The lowest BCUT2D eigenvalue weighted by atomic mass is 9.78. The largest absolute Gasteiger partial charge is 0.314 e. The zero-order valence-corrected chi connectivity index (χ0v) is 12.5. The van der Waals surface area contributed by atoms with Crippen LogP contribution >= 0.6 is 0 Å². The van der Waals surface area contributed by atoms with Crippen LogP contribution in [0.5, 0.6) is 0 Å². The molecule has 6 heteroatoms. The fraction of sp³-hybridized carbons (Fsp3) is 1.00. The Morgan fingerprint density at radius 1 is 1.05 bits per heavy atom. The number of hydrogen-bond donors (Lipinski definition) is 1. The van der Waals surface area contributed by atoms with Gasteiger partial charge in [0.25, 0.3) is 0 Å². The van der Waals surface area contributed by atoms with Gasteiger partial charge in [0.15, 0.2) is 0 Å². The summed E-state index contributed by atoms with van der Waals surface area (Å²) in [4.78, 5) is 2.50. The zero-order valence-electron chi connectivity index (χ0n) is 11.7. The van der Waals surface area contributed by atoms with Crippen molar-refractivity contribution in [2.75, 3.05) is 39.0 Å². The third-order valence-electron chi connectivity index (χ3n) is 4.83. The first-order valence-electron chi connectivity index (χ1n) is 7.46. The van der Waals surface area contributed by atoms with Crippen LogP contribution in [0.25, 0.3) is 0 Å². The van der Waals surface area contributed by atoms with E-state index in [-0.39, 0.29) is 0 Å². The Balaban J connectivity index is 1.45. The maximum absolute atomic E-state index is 11.5. The van der Waals surface area contributed by atoms with Crippen molar-refractivity contribution in [2.24, 2.45) is 5.92 Å². The van der Waals surface area contributed by atoms with Gasteiger partial charge in [0.1, 0.15) is 0 Å². The standard InChI is InChI=1S/C13H25N3O2S/c1-19(17,18)16-8-6-15(7-9-16)13-5-2-11(13)10-14-12-3-4-12/h11-14H,2-10H2,1H3. The van der Waals surface area contributed by atoms with E-state index in [1.54, 1.807) is 4.31 Å². The minimum Gasteiger partial charge on any atom is -0.314 e. The summed E-state index contributed by atoms with van der Waals surface area (Å²) in [6, 6.07) is 1.48. The zero-order chi connectivity index (χ0) is 13.5. The van der Waals surface area contributed by atoms with Gasteiger partial charge in [0.2, 0.25) is 10.0 Å². The van der Waals surface area contributed by atoms with Crippen LogP contribution in [-0.2, 0) is 10.0 Å². The number of hydrogen-bond acceptors (Lipinski definition) is 4. The molecule has 2 saturated carbocycles. The summed E-state index contributed by atoms with van der Waals surface area (Å²) in [5, 5.41) is 3.63. The highest BCUT2D eigenvalue weighted by Crippen LogP contribution is 2.33. The number of nitrogens with zero attached hydrogens (tertiary/aromatic N) is 2. The Bertz CT molecular complexity index is 414. The molecule has 0 aromatic rings. The van der Waals surface area contributed by atoms with E-state index in [0.29, 0.717) is 19.1 Å². The molecule has 0 amide bonds. The van der Waals surface area contributed by atoms with E-state index >= 15 is 0 Å². The van der Waals surface area contributed by atoms with E-state index < -0.39 is 10.0 Å². The predicted molar refractivity (Wildman–Crippen MR) is 75.5 cm³/mol. The van der Waals surface area contributed by atoms with E-state index in [0.717, 1.165) is 31.6 Å². The lowest BCUT2D eigenvalue weighted by Gasteiger charge is -2.47. The number of sulfonamides is 1. The summed E-state index contributed by atoms with van der Waals surface area (Å²) >= 11 is 0. The Hall–Kier alpha value is -0.170. The fourth-order valence-corrected chi connectivity index (χ4v) is 4.07. The van der Waals surface area contributed by atoms with Gasteiger partial charge in [0, 0.05) is 38.3 Å². The highest BCUT2D eigenvalue weighted by Gasteiger charge is 2.38. The molecule has 5 nitrogen and oxygen atoms in total. The van der Waals surface area contributed by atoms with Crippen LogP contribution in [0, 0.1) is 5.92 Å². The molecule has 0 spiro atoms. The van der Waals surface area contributed by atoms with Gasteiger partial charge in [-0.2, -0.15) is 4.31 Å². The summed E-state index contributed by atoms with van der Waals surface area (Å²) in [6.07, 6.45) is 6.63. The highest BCUT2D eigenvalue weighted by atomic mass is 32.2. The van der Waals surface area contributed by atoms with Gasteiger partial charge in [-0.3, -0.25) is 4.90 Å². The minimum atomic E-state index is -3.00. The molecule has 3 aliphatic rings. The van der Waals surface area contributed by atoms with Gasteiger partial charge in [-0.05, 0) is 38.1 Å². The number of rotatable bonds is 5. The van der Waals surface area contributed by atoms with Gasteiger partial charge in [-0.1, -0.05) is 0 Å². The van der Waals surface area contributed by atoms with E-state index in [4.69, 9.17) is 0 Å². The maximum atomic E-state index is 11.5. The molecular weight excluding hydrogens is 262 g/mol. The average Bonchev–Trinajstić information content (AvgIpc) is 3.11. The Kier molecular flexibility index (Phi) is 3.86. The third kappa shape index (κ3) is 3.29. The van der Waals surface area contributed by atoms with E-state index in [2.05, 4.69) is 10.2 Å². The van der Waals surface area contributed by atoms with Crippen molar-refractivity contribution in [3.63, 3.8) is 0 Å².